The van der Waals surface area contributed by atoms with Gasteiger partial charge in [0, 0.05) is 17.3 Å². The van der Waals surface area contributed by atoms with E-state index in [0.717, 1.165) is 31.1 Å². The standard InChI is InChI=1S/C19H28O2/c1-17-10-7-14-12(13(17)5-6-15(17)20)11-16-19(21-16)9-4-3-8-18(14,19)2/h12-14,16H,3-11H2,1-2H3/t12-,13-,14-,16-,17-,18+,19-/m0/s1. The zero-order valence-electron chi connectivity index (χ0n) is 13.5. The molecule has 0 aromatic carbocycles. The van der Waals surface area contributed by atoms with Crippen LogP contribution in [0.1, 0.15) is 71.6 Å². The lowest BCUT2D eigenvalue weighted by Gasteiger charge is -2.57. The number of ether oxygens (including phenoxy) is 1. The molecule has 4 saturated carbocycles. The van der Waals surface area contributed by atoms with E-state index in [1.807, 2.05) is 0 Å². The van der Waals surface area contributed by atoms with E-state index in [2.05, 4.69) is 13.8 Å². The van der Waals surface area contributed by atoms with Gasteiger partial charge in [0.2, 0.25) is 0 Å². The van der Waals surface area contributed by atoms with E-state index in [4.69, 9.17) is 4.74 Å². The van der Waals surface area contributed by atoms with Gasteiger partial charge in [-0.15, -0.1) is 0 Å². The van der Waals surface area contributed by atoms with Crippen molar-refractivity contribution < 1.29 is 9.53 Å². The Kier molecular flexibility index (Phi) is 2.34. The van der Waals surface area contributed by atoms with Crippen LogP contribution in [0.5, 0.6) is 0 Å². The van der Waals surface area contributed by atoms with Crippen molar-refractivity contribution in [2.24, 2.45) is 28.6 Å². The van der Waals surface area contributed by atoms with Gasteiger partial charge < -0.3 is 4.74 Å². The Morgan fingerprint density at radius 2 is 1.86 bits per heavy atom. The lowest BCUT2D eigenvalue weighted by molar-refractivity contribution is -0.135. The molecule has 116 valence electrons. The number of ketones is 1. The summed E-state index contributed by atoms with van der Waals surface area (Å²) in [7, 11) is 0. The van der Waals surface area contributed by atoms with Gasteiger partial charge in [-0.25, -0.2) is 0 Å². The maximum Gasteiger partial charge on any atom is 0.139 e. The monoisotopic (exact) mass is 288 g/mol. The van der Waals surface area contributed by atoms with Gasteiger partial charge in [-0.2, -0.15) is 0 Å². The molecule has 1 aliphatic heterocycles. The molecule has 2 heteroatoms. The zero-order valence-corrected chi connectivity index (χ0v) is 13.5. The number of epoxide rings is 1. The maximum atomic E-state index is 12.4. The van der Waals surface area contributed by atoms with Crippen LogP contribution >= 0.6 is 0 Å². The van der Waals surface area contributed by atoms with Crippen LogP contribution in [0.4, 0.5) is 0 Å². The average molecular weight is 288 g/mol. The molecular weight excluding hydrogens is 260 g/mol. The predicted molar refractivity (Wildman–Crippen MR) is 80.8 cm³/mol. The fraction of sp³-hybridized carbons (Fsp3) is 0.947. The first-order chi connectivity index (χ1) is 10.0. The van der Waals surface area contributed by atoms with E-state index in [0.29, 0.717) is 23.2 Å². The van der Waals surface area contributed by atoms with Crippen LogP contribution in [0, 0.1) is 28.6 Å². The second-order valence-electron chi connectivity index (χ2n) is 9.15. The van der Waals surface area contributed by atoms with Crippen molar-refractivity contribution in [2.45, 2.75) is 83.3 Å². The second kappa shape index (κ2) is 3.75. The molecule has 5 fully saturated rings. The Morgan fingerprint density at radius 1 is 1.05 bits per heavy atom. The van der Waals surface area contributed by atoms with Crippen molar-refractivity contribution in [3.63, 3.8) is 0 Å². The Hall–Kier alpha value is -0.370. The third-order valence-corrected chi connectivity index (χ3v) is 8.73. The van der Waals surface area contributed by atoms with Gasteiger partial charge in [0.05, 0.1) is 6.10 Å². The smallest absolute Gasteiger partial charge is 0.139 e. The number of Topliss-reactive ketones (excluding diaryl/α,β-unsaturated/α-hetero) is 1. The predicted octanol–water partition coefficient (Wildman–Crippen LogP) is 4.12. The summed E-state index contributed by atoms with van der Waals surface area (Å²) in [5, 5.41) is 0. The highest BCUT2D eigenvalue weighted by Gasteiger charge is 2.75. The Bertz CT molecular complexity index is 514. The molecule has 1 saturated heterocycles. The van der Waals surface area contributed by atoms with Crippen LogP contribution in [0.2, 0.25) is 0 Å². The summed E-state index contributed by atoms with van der Waals surface area (Å²) < 4.78 is 6.39. The van der Waals surface area contributed by atoms with E-state index in [-0.39, 0.29) is 11.0 Å². The number of carbonyl (C=O) groups is 1. The van der Waals surface area contributed by atoms with E-state index in [1.165, 1.54) is 38.5 Å². The van der Waals surface area contributed by atoms with Crippen molar-refractivity contribution in [1.82, 2.24) is 0 Å². The van der Waals surface area contributed by atoms with Gasteiger partial charge >= 0.3 is 0 Å². The minimum Gasteiger partial charge on any atom is -0.365 e. The third kappa shape index (κ3) is 1.33. The van der Waals surface area contributed by atoms with Gasteiger partial charge in [-0.05, 0) is 56.3 Å². The summed E-state index contributed by atoms with van der Waals surface area (Å²) in [4.78, 5) is 12.4. The normalized spacial score (nSPS) is 61.5. The van der Waals surface area contributed by atoms with Gasteiger partial charge in [-0.1, -0.05) is 26.7 Å². The van der Waals surface area contributed by atoms with Crippen LogP contribution in [0.25, 0.3) is 0 Å². The van der Waals surface area contributed by atoms with Crippen LogP contribution in [-0.4, -0.2) is 17.5 Å². The summed E-state index contributed by atoms with van der Waals surface area (Å²) in [5.41, 5.74) is 0.676. The number of hydrogen-bond donors (Lipinski definition) is 0. The molecule has 1 spiro atoms. The average Bonchev–Trinajstić information content (AvgIpc) is 3.08. The van der Waals surface area contributed by atoms with Crippen molar-refractivity contribution in [3.05, 3.63) is 0 Å². The molecule has 0 aromatic rings. The fourth-order valence-corrected chi connectivity index (χ4v) is 7.48. The van der Waals surface area contributed by atoms with E-state index >= 15 is 0 Å². The molecule has 0 radical (unpaired) electrons. The first kappa shape index (κ1) is 13.1. The summed E-state index contributed by atoms with van der Waals surface area (Å²) in [5.74, 6) is 2.80. The second-order valence-corrected chi connectivity index (χ2v) is 9.15. The highest BCUT2D eigenvalue weighted by atomic mass is 16.6. The fourth-order valence-electron chi connectivity index (χ4n) is 7.48. The lowest BCUT2D eigenvalue weighted by atomic mass is 9.45. The van der Waals surface area contributed by atoms with E-state index < -0.39 is 0 Å². The zero-order chi connectivity index (χ0) is 14.5. The summed E-state index contributed by atoms with van der Waals surface area (Å²) >= 11 is 0. The van der Waals surface area contributed by atoms with Crippen molar-refractivity contribution in [2.75, 3.05) is 0 Å². The van der Waals surface area contributed by atoms with Gasteiger partial charge in [0.25, 0.3) is 0 Å². The van der Waals surface area contributed by atoms with Crippen LogP contribution in [-0.2, 0) is 9.53 Å². The molecule has 1 heterocycles. The largest absolute Gasteiger partial charge is 0.365 e. The molecule has 0 amide bonds. The van der Waals surface area contributed by atoms with Crippen LogP contribution in [0.3, 0.4) is 0 Å². The van der Waals surface area contributed by atoms with Crippen LogP contribution < -0.4 is 0 Å². The number of hydrogen-bond acceptors (Lipinski definition) is 2. The molecule has 0 aromatic heterocycles. The third-order valence-electron chi connectivity index (χ3n) is 8.73. The minimum absolute atomic E-state index is 0.0150. The van der Waals surface area contributed by atoms with Gasteiger partial charge in [0.15, 0.2) is 0 Å². The molecule has 0 bridgehead atoms. The number of carbonyl (C=O) groups excluding carboxylic acids is 1. The molecular formula is C19H28O2. The number of rotatable bonds is 0. The SMILES string of the molecule is C[C@]12CC[C@H]3[C@@H](C[C@@H]4O[C@@]45CCCC[C@]35C)[C@@H]1CCC2=O. The quantitative estimate of drug-likeness (QED) is 0.628. The molecule has 4 aliphatic carbocycles. The van der Waals surface area contributed by atoms with Crippen molar-refractivity contribution in [1.29, 1.82) is 0 Å². The summed E-state index contributed by atoms with van der Waals surface area (Å²) in [6, 6.07) is 0. The maximum absolute atomic E-state index is 12.4. The molecule has 5 rings (SSSR count). The topological polar surface area (TPSA) is 29.6 Å². The minimum atomic E-state index is 0.0150. The first-order valence-electron chi connectivity index (χ1n) is 9.22. The summed E-state index contributed by atoms with van der Waals surface area (Å²) in [6.07, 6.45) is 11.6. The molecule has 0 unspecified atom stereocenters. The van der Waals surface area contributed by atoms with Crippen molar-refractivity contribution >= 4 is 5.78 Å². The highest BCUT2D eigenvalue weighted by Crippen LogP contribution is 2.72. The molecule has 7 atom stereocenters. The van der Waals surface area contributed by atoms with Crippen LogP contribution in [0.15, 0.2) is 0 Å². The Morgan fingerprint density at radius 3 is 2.71 bits per heavy atom. The summed E-state index contributed by atoms with van der Waals surface area (Å²) in [6.45, 7) is 4.82. The molecule has 21 heavy (non-hydrogen) atoms. The first-order valence-corrected chi connectivity index (χ1v) is 9.22. The Labute approximate surface area is 128 Å². The van der Waals surface area contributed by atoms with Gasteiger partial charge in [-0.3, -0.25) is 4.79 Å². The number of fused-ring (bicyclic) bond motifs is 4. The molecule has 0 N–H and O–H groups in total. The lowest BCUT2D eigenvalue weighted by Crippen LogP contribution is -2.57. The highest BCUT2D eigenvalue weighted by molar-refractivity contribution is 5.87. The Balaban J connectivity index is 1.55. The van der Waals surface area contributed by atoms with E-state index in [9.17, 15) is 4.79 Å². The van der Waals surface area contributed by atoms with Gasteiger partial charge in [0.1, 0.15) is 11.4 Å². The molecule has 5 aliphatic rings. The van der Waals surface area contributed by atoms with Crippen molar-refractivity contribution in [3.8, 4) is 0 Å². The van der Waals surface area contributed by atoms with E-state index in [1.54, 1.807) is 0 Å². The molecule has 2 nitrogen and oxygen atoms in total.